The third-order valence-corrected chi connectivity index (χ3v) is 5.42. The van der Waals surface area contributed by atoms with E-state index < -0.39 is 34.6 Å². The van der Waals surface area contributed by atoms with Crippen molar-refractivity contribution in [2.24, 2.45) is 0 Å². The number of carbonyl (C=O) groups excluding carboxylic acids is 1. The Morgan fingerprint density at radius 1 is 0.970 bits per heavy atom. The summed E-state index contributed by atoms with van der Waals surface area (Å²) in [5, 5.41) is 14.0. The number of alkyl halides is 3. The number of hydrogen-bond donors (Lipinski definition) is 2. The van der Waals surface area contributed by atoms with Gasteiger partial charge in [-0.2, -0.15) is 13.2 Å². The van der Waals surface area contributed by atoms with Crippen molar-refractivity contribution in [3.63, 3.8) is 0 Å². The highest BCUT2D eigenvalue weighted by atomic mass is 19.4. The topological polar surface area (TPSA) is 58.6 Å². The first-order chi connectivity index (χ1) is 15.1. The quantitative estimate of drug-likeness (QED) is 0.485. The first-order valence-corrected chi connectivity index (χ1v) is 11.0. The molecule has 0 amide bonds. The molecule has 0 fully saturated rings. The Morgan fingerprint density at radius 3 is 1.94 bits per heavy atom. The molecule has 2 rings (SSSR count). The van der Waals surface area contributed by atoms with E-state index in [1.807, 2.05) is 41.5 Å². The first-order valence-electron chi connectivity index (χ1n) is 11.0. The van der Waals surface area contributed by atoms with Crippen LogP contribution in [0.2, 0.25) is 0 Å². The van der Waals surface area contributed by atoms with E-state index in [0.29, 0.717) is 16.7 Å². The second-order valence-electron chi connectivity index (χ2n) is 10.2. The second kappa shape index (κ2) is 9.75. The van der Waals surface area contributed by atoms with Crippen LogP contribution < -0.4 is 5.32 Å². The van der Waals surface area contributed by atoms with Gasteiger partial charge >= 0.3 is 12.1 Å². The molecule has 33 heavy (non-hydrogen) atoms. The number of phenols is 1. The molecule has 0 spiro atoms. The van der Waals surface area contributed by atoms with Crippen molar-refractivity contribution in [3.8, 4) is 5.75 Å². The third-order valence-electron chi connectivity index (χ3n) is 5.42. The lowest BCUT2D eigenvalue weighted by molar-refractivity contribution is -0.145. The Labute approximate surface area is 194 Å². The van der Waals surface area contributed by atoms with E-state index in [-0.39, 0.29) is 24.5 Å². The Morgan fingerprint density at radius 2 is 1.48 bits per heavy atom. The maximum absolute atomic E-state index is 13.4. The van der Waals surface area contributed by atoms with Crippen LogP contribution in [0.4, 0.5) is 13.2 Å². The third kappa shape index (κ3) is 6.50. The maximum atomic E-state index is 13.4. The fourth-order valence-corrected chi connectivity index (χ4v) is 3.69. The van der Waals surface area contributed by atoms with Crippen LogP contribution in [0.3, 0.4) is 0 Å². The van der Waals surface area contributed by atoms with Gasteiger partial charge in [0.1, 0.15) is 11.8 Å². The largest absolute Gasteiger partial charge is 0.507 e. The van der Waals surface area contributed by atoms with Gasteiger partial charge in [-0.3, -0.25) is 5.32 Å². The van der Waals surface area contributed by atoms with E-state index in [9.17, 15) is 23.1 Å². The summed E-state index contributed by atoms with van der Waals surface area (Å²) in [6.07, 6.45) is -4.50. The molecule has 0 aliphatic carbocycles. The zero-order chi connectivity index (χ0) is 25.2. The van der Waals surface area contributed by atoms with Crippen LogP contribution in [0, 0.1) is 0 Å². The minimum absolute atomic E-state index is 0.0326. The second-order valence-corrected chi connectivity index (χ2v) is 10.2. The van der Waals surface area contributed by atoms with Gasteiger partial charge in [0.05, 0.1) is 12.2 Å². The zero-order valence-corrected chi connectivity index (χ0v) is 20.4. The average Bonchev–Trinajstić information content (AvgIpc) is 2.67. The molecule has 4 nitrogen and oxygen atoms in total. The summed E-state index contributed by atoms with van der Waals surface area (Å²) in [5.41, 5.74) is 0.255. The predicted molar refractivity (Wildman–Crippen MR) is 123 cm³/mol. The highest BCUT2D eigenvalue weighted by Gasteiger charge is 2.34. The summed E-state index contributed by atoms with van der Waals surface area (Å²) in [6.45, 7) is 13.3. The lowest BCUT2D eigenvalue weighted by Crippen LogP contribution is -2.31. The molecule has 0 radical (unpaired) electrons. The first kappa shape index (κ1) is 26.7. The normalized spacial score (nSPS) is 13.6. The van der Waals surface area contributed by atoms with Crippen LogP contribution in [0.25, 0.3) is 0 Å². The van der Waals surface area contributed by atoms with Crippen LogP contribution in [0.15, 0.2) is 36.4 Å². The molecule has 182 valence electrons. The molecule has 0 bridgehead atoms. The number of halogens is 3. The highest BCUT2D eigenvalue weighted by Crippen LogP contribution is 2.41. The van der Waals surface area contributed by atoms with Gasteiger partial charge in [-0.25, -0.2) is 4.79 Å². The number of ether oxygens (including phenoxy) is 1. The minimum Gasteiger partial charge on any atom is -0.507 e. The van der Waals surface area contributed by atoms with Crippen LogP contribution in [-0.2, 0) is 33.1 Å². The van der Waals surface area contributed by atoms with Gasteiger partial charge < -0.3 is 9.84 Å². The van der Waals surface area contributed by atoms with Gasteiger partial charge in [0.25, 0.3) is 0 Å². The van der Waals surface area contributed by atoms with E-state index in [0.717, 1.165) is 6.07 Å². The molecule has 0 aliphatic heterocycles. The van der Waals surface area contributed by atoms with Gasteiger partial charge in [0.2, 0.25) is 0 Å². The summed E-state index contributed by atoms with van der Waals surface area (Å²) in [5.74, 6) is -0.434. The van der Waals surface area contributed by atoms with Crippen LogP contribution >= 0.6 is 0 Å². The molecular weight excluding hydrogens is 431 g/mol. The summed E-state index contributed by atoms with van der Waals surface area (Å²) < 4.78 is 45.6. The highest BCUT2D eigenvalue weighted by molar-refractivity contribution is 5.78. The summed E-state index contributed by atoms with van der Waals surface area (Å²) in [4.78, 5) is 12.9. The van der Waals surface area contributed by atoms with Crippen molar-refractivity contribution in [2.75, 3.05) is 6.61 Å². The Bertz CT molecular complexity index is 950. The number of nitrogens with one attached hydrogen (secondary N) is 1. The molecule has 1 unspecified atom stereocenters. The molecule has 1 atom stereocenters. The molecule has 0 aromatic heterocycles. The smallest absolute Gasteiger partial charge is 0.416 e. The van der Waals surface area contributed by atoms with Gasteiger partial charge in [-0.15, -0.1) is 0 Å². The van der Waals surface area contributed by atoms with Gasteiger partial charge in [-0.1, -0.05) is 59.7 Å². The van der Waals surface area contributed by atoms with E-state index in [1.165, 1.54) is 18.2 Å². The van der Waals surface area contributed by atoms with E-state index in [4.69, 9.17) is 4.74 Å². The molecule has 2 N–H and O–H groups in total. The summed E-state index contributed by atoms with van der Waals surface area (Å²) >= 11 is 0. The van der Waals surface area contributed by atoms with E-state index >= 15 is 0 Å². The number of benzene rings is 2. The van der Waals surface area contributed by atoms with E-state index in [1.54, 1.807) is 19.1 Å². The van der Waals surface area contributed by atoms with E-state index in [2.05, 4.69) is 5.32 Å². The fourth-order valence-electron chi connectivity index (χ4n) is 3.69. The number of hydrogen-bond acceptors (Lipinski definition) is 4. The van der Waals surface area contributed by atoms with Crippen LogP contribution in [0.5, 0.6) is 5.75 Å². The standard InChI is InChI=1S/C26H34F3NO3/c1-8-33-23(32)21(30-15-16-11-9-10-12-18(16)26(27,28)29)17-13-19(24(2,3)4)22(31)20(14-17)25(5,6)7/h9-14,21,30-31H,8,15H2,1-7H3. The van der Waals surface area contributed by atoms with Crippen LogP contribution in [-0.4, -0.2) is 17.7 Å². The van der Waals surface area contributed by atoms with Crippen molar-refractivity contribution in [3.05, 3.63) is 64.2 Å². The van der Waals surface area contributed by atoms with Crippen molar-refractivity contribution < 1.29 is 27.8 Å². The minimum atomic E-state index is -4.50. The summed E-state index contributed by atoms with van der Waals surface area (Å²) in [7, 11) is 0. The van der Waals surface area contributed by atoms with Crippen molar-refractivity contribution in [1.29, 1.82) is 0 Å². The Hall–Kier alpha value is -2.54. The van der Waals surface area contributed by atoms with Crippen molar-refractivity contribution in [2.45, 2.75) is 78.1 Å². The molecule has 2 aromatic carbocycles. The lowest BCUT2D eigenvalue weighted by Gasteiger charge is -2.30. The lowest BCUT2D eigenvalue weighted by atomic mass is 9.77. The molecular formula is C26H34F3NO3. The number of carbonyl (C=O) groups is 1. The van der Waals surface area contributed by atoms with Gasteiger partial charge in [-0.05, 0) is 58.2 Å². The SMILES string of the molecule is CCOC(=O)C(NCc1ccccc1C(F)(F)F)c1cc(C(C)(C)C)c(O)c(C(C)(C)C)c1. The fraction of sp³-hybridized carbons (Fsp3) is 0.500. The van der Waals surface area contributed by atoms with Crippen molar-refractivity contribution in [1.82, 2.24) is 5.32 Å². The maximum Gasteiger partial charge on any atom is 0.416 e. The molecule has 2 aromatic rings. The predicted octanol–water partition coefficient (Wildman–Crippen LogP) is 6.40. The summed E-state index contributed by atoms with van der Waals surface area (Å²) in [6, 6.07) is 7.72. The monoisotopic (exact) mass is 465 g/mol. The number of rotatable bonds is 6. The number of aromatic hydroxyl groups is 1. The Balaban J connectivity index is 2.59. The molecule has 0 aliphatic rings. The van der Waals surface area contributed by atoms with Crippen LogP contribution in [0.1, 0.15) is 82.3 Å². The van der Waals surface area contributed by atoms with Crippen molar-refractivity contribution >= 4 is 5.97 Å². The number of phenolic OH excluding ortho intramolecular Hbond substituents is 1. The molecule has 0 heterocycles. The Kier molecular flexibility index (Phi) is 7.90. The number of esters is 1. The molecule has 7 heteroatoms. The van der Waals surface area contributed by atoms with Gasteiger partial charge in [0, 0.05) is 6.54 Å². The molecule has 0 saturated heterocycles. The zero-order valence-electron chi connectivity index (χ0n) is 20.4. The average molecular weight is 466 g/mol. The van der Waals surface area contributed by atoms with Gasteiger partial charge in [0.15, 0.2) is 0 Å². The molecule has 0 saturated carbocycles.